The van der Waals surface area contributed by atoms with Crippen LogP contribution >= 0.6 is 0 Å². The van der Waals surface area contributed by atoms with Crippen molar-refractivity contribution in [2.24, 2.45) is 0 Å². The highest BCUT2D eigenvalue weighted by Crippen LogP contribution is 2.20. The lowest BCUT2D eigenvalue weighted by atomic mass is 10.2. The van der Waals surface area contributed by atoms with Crippen molar-refractivity contribution in [3.05, 3.63) is 34.5 Å². The van der Waals surface area contributed by atoms with Crippen LogP contribution in [-0.2, 0) is 6.67 Å². The minimum Gasteiger partial charge on any atom is -0.291 e. The van der Waals surface area contributed by atoms with Crippen LogP contribution in [0.15, 0.2) is 24.4 Å². The number of nitro groups is 1. The molecule has 0 radical (unpaired) electrons. The van der Waals surface area contributed by atoms with Gasteiger partial charge in [0.25, 0.3) is 5.69 Å². The molecule has 16 heavy (non-hydrogen) atoms. The van der Waals surface area contributed by atoms with E-state index < -0.39 is 4.92 Å². The van der Waals surface area contributed by atoms with Gasteiger partial charge >= 0.3 is 0 Å². The number of hydrogen-bond donors (Lipinski definition) is 0. The Labute approximate surface area is 92.2 Å². The molecular formula is C10H12N4O2. The minimum absolute atomic E-state index is 0.0944. The van der Waals surface area contributed by atoms with Crippen LogP contribution in [0.5, 0.6) is 0 Å². The molecule has 0 N–H and O–H groups in total. The highest BCUT2D eigenvalue weighted by molar-refractivity contribution is 5.81. The molecule has 0 saturated carbocycles. The molecule has 0 saturated heterocycles. The summed E-state index contributed by atoms with van der Waals surface area (Å²) in [5, 5.41) is 15.6. The molecule has 2 rings (SSSR count). The fourth-order valence-electron chi connectivity index (χ4n) is 1.57. The highest BCUT2D eigenvalue weighted by atomic mass is 16.6. The van der Waals surface area contributed by atoms with E-state index in [1.807, 2.05) is 19.0 Å². The lowest BCUT2D eigenvalue weighted by Crippen LogP contribution is -2.17. The number of nitro benzene ring substituents is 1. The quantitative estimate of drug-likeness (QED) is 0.580. The average Bonchev–Trinajstić information content (AvgIpc) is 2.60. The fourth-order valence-corrected chi connectivity index (χ4v) is 1.57. The average molecular weight is 220 g/mol. The van der Waals surface area contributed by atoms with Crippen LogP contribution in [0.25, 0.3) is 10.9 Å². The van der Waals surface area contributed by atoms with Crippen LogP contribution < -0.4 is 0 Å². The van der Waals surface area contributed by atoms with E-state index in [1.165, 1.54) is 12.1 Å². The zero-order valence-corrected chi connectivity index (χ0v) is 9.12. The number of hydrogen-bond acceptors (Lipinski definition) is 4. The normalized spacial score (nSPS) is 11.2. The highest BCUT2D eigenvalue weighted by Gasteiger charge is 2.09. The second-order valence-electron chi connectivity index (χ2n) is 3.87. The molecular weight excluding hydrogens is 208 g/mol. The first-order valence-corrected chi connectivity index (χ1v) is 4.82. The van der Waals surface area contributed by atoms with Gasteiger partial charge in [-0.2, -0.15) is 5.10 Å². The Morgan fingerprint density at radius 3 is 2.88 bits per heavy atom. The SMILES string of the molecule is CN(C)Cn1ncc2cc([N+](=O)[O-])ccc21. The second kappa shape index (κ2) is 3.90. The summed E-state index contributed by atoms with van der Waals surface area (Å²) < 4.78 is 1.80. The third-order valence-corrected chi connectivity index (χ3v) is 2.25. The van der Waals surface area contributed by atoms with Crippen molar-refractivity contribution < 1.29 is 4.92 Å². The van der Waals surface area contributed by atoms with Crippen LogP contribution in [0, 0.1) is 10.1 Å². The number of aromatic nitrogens is 2. The van der Waals surface area contributed by atoms with Gasteiger partial charge in [-0.15, -0.1) is 0 Å². The minimum atomic E-state index is -0.400. The topological polar surface area (TPSA) is 64.2 Å². The maximum Gasteiger partial charge on any atom is 0.270 e. The first-order chi connectivity index (χ1) is 7.58. The first-order valence-electron chi connectivity index (χ1n) is 4.82. The van der Waals surface area contributed by atoms with Crippen molar-refractivity contribution in [2.75, 3.05) is 14.1 Å². The summed E-state index contributed by atoms with van der Waals surface area (Å²) in [6.07, 6.45) is 1.64. The van der Waals surface area contributed by atoms with Gasteiger partial charge in [-0.1, -0.05) is 0 Å². The van der Waals surface area contributed by atoms with E-state index in [9.17, 15) is 10.1 Å². The maximum absolute atomic E-state index is 10.6. The van der Waals surface area contributed by atoms with Gasteiger partial charge in [0.15, 0.2) is 0 Å². The van der Waals surface area contributed by atoms with Crippen LogP contribution in [0.2, 0.25) is 0 Å². The lowest BCUT2D eigenvalue weighted by molar-refractivity contribution is -0.384. The van der Waals surface area contributed by atoms with Crippen molar-refractivity contribution >= 4 is 16.6 Å². The van der Waals surface area contributed by atoms with Crippen LogP contribution in [0.1, 0.15) is 0 Å². The van der Waals surface area contributed by atoms with Gasteiger partial charge in [0.1, 0.15) is 0 Å². The molecule has 1 heterocycles. The number of fused-ring (bicyclic) bond motifs is 1. The molecule has 1 aromatic carbocycles. The van der Waals surface area contributed by atoms with E-state index in [0.717, 1.165) is 10.9 Å². The van der Waals surface area contributed by atoms with E-state index >= 15 is 0 Å². The summed E-state index contributed by atoms with van der Waals surface area (Å²) in [5.41, 5.74) is 0.996. The molecule has 1 aromatic heterocycles. The van der Waals surface area contributed by atoms with Gasteiger partial charge in [-0.25, -0.2) is 0 Å². The zero-order valence-electron chi connectivity index (χ0n) is 9.12. The van der Waals surface area contributed by atoms with Crippen LogP contribution in [0.3, 0.4) is 0 Å². The third kappa shape index (κ3) is 1.87. The van der Waals surface area contributed by atoms with E-state index in [0.29, 0.717) is 6.67 Å². The molecule has 0 atom stereocenters. The van der Waals surface area contributed by atoms with Crippen molar-refractivity contribution in [3.8, 4) is 0 Å². The molecule has 0 unspecified atom stereocenters. The molecule has 0 fully saturated rings. The molecule has 0 aliphatic carbocycles. The molecule has 6 nitrogen and oxygen atoms in total. The Morgan fingerprint density at radius 1 is 1.50 bits per heavy atom. The predicted octanol–water partition coefficient (Wildman–Crippen LogP) is 1.46. The zero-order chi connectivity index (χ0) is 11.7. The maximum atomic E-state index is 10.6. The van der Waals surface area contributed by atoms with Crippen LogP contribution in [0.4, 0.5) is 5.69 Å². The fraction of sp³-hybridized carbons (Fsp3) is 0.300. The number of nitrogens with zero attached hydrogens (tertiary/aromatic N) is 4. The monoisotopic (exact) mass is 220 g/mol. The Hall–Kier alpha value is -1.95. The second-order valence-corrected chi connectivity index (χ2v) is 3.87. The number of non-ortho nitro benzene ring substituents is 1. The third-order valence-electron chi connectivity index (χ3n) is 2.25. The summed E-state index contributed by atoms with van der Waals surface area (Å²) in [4.78, 5) is 12.2. The van der Waals surface area contributed by atoms with Crippen molar-refractivity contribution in [1.82, 2.24) is 14.7 Å². The van der Waals surface area contributed by atoms with Crippen molar-refractivity contribution in [1.29, 1.82) is 0 Å². The van der Waals surface area contributed by atoms with E-state index in [1.54, 1.807) is 16.9 Å². The largest absolute Gasteiger partial charge is 0.291 e. The van der Waals surface area contributed by atoms with Crippen molar-refractivity contribution in [3.63, 3.8) is 0 Å². The lowest BCUT2D eigenvalue weighted by Gasteiger charge is -2.10. The predicted molar refractivity (Wildman–Crippen MR) is 60.1 cm³/mol. The molecule has 0 bridgehead atoms. The molecule has 0 aliphatic rings. The van der Waals surface area contributed by atoms with Gasteiger partial charge in [-0.05, 0) is 20.2 Å². The molecule has 6 heteroatoms. The Kier molecular flexibility index (Phi) is 2.57. The van der Waals surface area contributed by atoms with E-state index in [4.69, 9.17) is 0 Å². The molecule has 0 amide bonds. The Morgan fingerprint density at radius 2 is 2.25 bits per heavy atom. The van der Waals surface area contributed by atoms with Gasteiger partial charge < -0.3 is 0 Å². The molecule has 0 spiro atoms. The Balaban J connectivity index is 2.46. The first kappa shape index (κ1) is 10.6. The van der Waals surface area contributed by atoms with Gasteiger partial charge in [-0.3, -0.25) is 19.7 Å². The van der Waals surface area contributed by atoms with E-state index in [2.05, 4.69) is 5.10 Å². The standard InChI is InChI=1S/C10H12N4O2/c1-12(2)7-13-10-4-3-9(14(15)16)5-8(10)6-11-13/h3-6H,7H2,1-2H3. The molecule has 2 aromatic rings. The van der Waals surface area contributed by atoms with Gasteiger partial charge in [0.2, 0.25) is 0 Å². The van der Waals surface area contributed by atoms with Crippen LogP contribution in [-0.4, -0.2) is 33.7 Å². The summed E-state index contributed by atoms with van der Waals surface area (Å²) in [6, 6.07) is 4.76. The van der Waals surface area contributed by atoms with E-state index in [-0.39, 0.29) is 5.69 Å². The smallest absolute Gasteiger partial charge is 0.270 e. The summed E-state index contributed by atoms with van der Waals surface area (Å²) in [6.45, 7) is 0.654. The summed E-state index contributed by atoms with van der Waals surface area (Å²) >= 11 is 0. The van der Waals surface area contributed by atoms with Gasteiger partial charge in [0.05, 0.1) is 23.3 Å². The van der Waals surface area contributed by atoms with Crippen molar-refractivity contribution in [2.45, 2.75) is 6.67 Å². The number of rotatable bonds is 3. The summed E-state index contributed by atoms with van der Waals surface area (Å²) in [5.74, 6) is 0. The molecule has 84 valence electrons. The molecule has 0 aliphatic heterocycles. The van der Waals surface area contributed by atoms with Gasteiger partial charge in [0, 0.05) is 17.5 Å². The Bertz CT molecular complexity index is 533. The number of benzene rings is 1. The summed E-state index contributed by atoms with van der Waals surface area (Å²) in [7, 11) is 3.89.